The Morgan fingerprint density at radius 3 is 2.20 bits per heavy atom. The van der Waals surface area contributed by atoms with Crippen LogP contribution in [-0.2, 0) is 9.47 Å². The first-order chi connectivity index (χ1) is 7.03. The molecular weight excluding hydrogens is 188 g/mol. The highest BCUT2D eigenvalue weighted by atomic mass is 16.5. The molecule has 0 spiro atoms. The van der Waals surface area contributed by atoms with Gasteiger partial charge in [-0.1, -0.05) is 27.7 Å². The minimum Gasteiger partial charge on any atom is -0.381 e. The van der Waals surface area contributed by atoms with Crippen molar-refractivity contribution in [2.75, 3.05) is 26.4 Å². The monoisotopic (exact) mass is 214 g/mol. The smallest absolute Gasteiger partial charge is 0.0514 e. The molecule has 2 atom stereocenters. The number of hydrogen-bond acceptors (Lipinski definition) is 2. The zero-order valence-electron chi connectivity index (χ0n) is 10.7. The van der Waals surface area contributed by atoms with E-state index in [-0.39, 0.29) is 0 Å². The van der Waals surface area contributed by atoms with Crippen molar-refractivity contribution in [1.82, 2.24) is 0 Å². The van der Waals surface area contributed by atoms with Crippen LogP contribution in [0, 0.1) is 17.3 Å². The Kier molecular flexibility index (Phi) is 5.07. The second-order valence-electron chi connectivity index (χ2n) is 5.91. The molecule has 1 fully saturated rings. The Morgan fingerprint density at radius 2 is 1.67 bits per heavy atom. The van der Waals surface area contributed by atoms with Gasteiger partial charge in [0.25, 0.3) is 0 Å². The average Bonchev–Trinajstić information content (AvgIpc) is 2.82. The van der Waals surface area contributed by atoms with E-state index in [4.69, 9.17) is 9.47 Å². The summed E-state index contributed by atoms with van der Waals surface area (Å²) in [4.78, 5) is 0. The lowest BCUT2D eigenvalue weighted by Crippen LogP contribution is -2.16. The first-order valence-corrected chi connectivity index (χ1v) is 6.18. The molecule has 1 saturated carbocycles. The molecule has 0 aromatic rings. The van der Waals surface area contributed by atoms with Crippen LogP contribution < -0.4 is 0 Å². The summed E-state index contributed by atoms with van der Waals surface area (Å²) in [6.45, 7) is 12.4. The third-order valence-corrected chi connectivity index (χ3v) is 2.62. The van der Waals surface area contributed by atoms with Crippen molar-refractivity contribution in [3.63, 3.8) is 0 Å². The molecule has 1 aliphatic rings. The van der Waals surface area contributed by atoms with Crippen LogP contribution in [0.25, 0.3) is 0 Å². The molecule has 0 amide bonds. The molecule has 0 aromatic heterocycles. The van der Waals surface area contributed by atoms with Gasteiger partial charge in [-0.2, -0.15) is 0 Å². The van der Waals surface area contributed by atoms with Crippen LogP contribution in [0.2, 0.25) is 0 Å². The minimum absolute atomic E-state index is 0.295. The summed E-state index contributed by atoms with van der Waals surface area (Å²) in [5.41, 5.74) is 0.295. The van der Waals surface area contributed by atoms with Crippen LogP contribution in [0.15, 0.2) is 0 Å². The Bertz CT molecular complexity index is 172. The van der Waals surface area contributed by atoms with Crippen molar-refractivity contribution < 1.29 is 9.47 Å². The quantitative estimate of drug-likeness (QED) is 0.606. The fourth-order valence-corrected chi connectivity index (χ4v) is 1.61. The third kappa shape index (κ3) is 6.16. The number of hydrogen-bond donors (Lipinski definition) is 0. The first kappa shape index (κ1) is 13.0. The van der Waals surface area contributed by atoms with Gasteiger partial charge in [-0.25, -0.2) is 0 Å². The standard InChI is InChI=1S/C13H26O2/c1-5-6-14-8-11-7-12(11)9-15-10-13(2,3)4/h11-12H,5-10H2,1-4H3/t11-,12+/m1/s1. The van der Waals surface area contributed by atoms with Crippen molar-refractivity contribution >= 4 is 0 Å². The third-order valence-electron chi connectivity index (χ3n) is 2.62. The lowest BCUT2D eigenvalue weighted by Gasteiger charge is -2.17. The van der Waals surface area contributed by atoms with Gasteiger partial charge in [-0.3, -0.25) is 0 Å². The van der Waals surface area contributed by atoms with Crippen LogP contribution >= 0.6 is 0 Å². The number of ether oxygens (including phenoxy) is 2. The summed E-state index contributed by atoms with van der Waals surface area (Å²) in [6, 6.07) is 0. The van der Waals surface area contributed by atoms with Gasteiger partial charge in [0.15, 0.2) is 0 Å². The van der Waals surface area contributed by atoms with E-state index in [1.54, 1.807) is 0 Å². The maximum absolute atomic E-state index is 5.70. The second kappa shape index (κ2) is 5.86. The molecule has 90 valence electrons. The topological polar surface area (TPSA) is 18.5 Å². The minimum atomic E-state index is 0.295. The van der Waals surface area contributed by atoms with Gasteiger partial charge >= 0.3 is 0 Å². The lowest BCUT2D eigenvalue weighted by molar-refractivity contribution is 0.0561. The summed E-state index contributed by atoms with van der Waals surface area (Å²) >= 11 is 0. The van der Waals surface area contributed by atoms with E-state index in [1.165, 1.54) is 6.42 Å². The molecule has 2 heteroatoms. The predicted octanol–water partition coefficient (Wildman–Crippen LogP) is 3.11. The molecule has 2 nitrogen and oxygen atoms in total. The normalized spacial score (nSPS) is 25.6. The summed E-state index contributed by atoms with van der Waals surface area (Å²) in [5.74, 6) is 1.54. The van der Waals surface area contributed by atoms with Crippen LogP contribution in [0.1, 0.15) is 40.5 Å². The van der Waals surface area contributed by atoms with Crippen LogP contribution in [0.5, 0.6) is 0 Å². The molecule has 0 heterocycles. The highest BCUT2D eigenvalue weighted by molar-refractivity contribution is 4.85. The molecule has 15 heavy (non-hydrogen) atoms. The van der Waals surface area contributed by atoms with Gasteiger partial charge in [0.05, 0.1) is 6.61 Å². The molecule has 0 aliphatic heterocycles. The lowest BCUT2D eigenvalue weighted by atomic mass is 9.99. The maximum Gasteiger partial charge on any atom is 0.0514 e. The van der Waals surface area contributed by atoms with Gasteiger partial charge in [-0.15, -0.1) is 0 Å². The molecule has 1 rings (SSSR count). The Hall–Kier alpha value is -0.0800. The molecule has 0 N–H and O–H groups in total. The van der Waals surface area contributed by atoms with Crippen LogP contribution in [0.4, 0.5) is 0 Å². The second-order valence-corrected chi connectivity index (χ2v) is 5.91. The van der Waals surface area contributed by atoms with Gasteiger partial charge in [0.2, 0.25) is 0 Å². The van der Waals surface area contributed by atoms with Crippen molar-refractivity contribution in [3.05, 3.63) is 0 Å². The van der Waals surface area contributed by atoms with Crippen molar-refractivity contribution in [2.45, 2.75) is 40.5 Å². The Balaban J connectivity index is 1.93. The molecule has 0 unspecified atom stereocenters. The van der Waals surface area contributed by atoms with Gasteiger partial charge in [0.1, 0.15) is 0 Å². The van der Waals surface area contributed by atoms with E-state index in [9.17, 15) is 0 Å². The first-order valence-electron chi connectivity index (χ1n) is 6.18. The van der Waals surface area contributed by atoms with Gasteiger partial charge < -0.3 is 9.47 Å². The molecule has 1 aliphatic carbocycles. The highest BCUT2D eigenvalue weighted by Crippen LogP contribution is 2.39. The SMILES string of the molecule is CCCOC[C@H]1C[C@H]1COCC(C)(C)C. The van der Waals surface area contributed by atoms with E-state index in [1.807, 2.05) is 0 Å². The van der Waals surface area contributed by atoms with E-state index < -0.39 is 0 Å². The van der Waals surface area contributed by atoms with Crippen molar-refractivity contribution in [2.24, 2.45) is 17.3 Å². The molecule has 0 aromatic carbocycles. The van der Waals surface area contributed by atoms with E-state index >= 15 is 0 Å². The van der Waals surface area contributed by atoms with Crippen molar-refractivity contribution in [3.8, 4) is 0 Å². The zero-order chi connectivity index (χ0) is 11.3. The van der Waals surface area contributed by atoms with Crippen molar-refractivity contribution in [1.29, 1.82) is 0 Å². The molecular formula is C13H26O2. The Morgan fingerprint density at radius 1 is 1.07 bits per heavy atom. The van der Waals surface area contributed by atoms with E-state index in [0.29, 0.717) is 5.41 Å². The van der Waals surface area contributed by atoms with Crippen LogP contribution in [0.3, 0.4) is 0 Å². The van der Waals surface area contributed by atoms with Gasteiger partial charge in [0, 0.05) is 19.8 Å². The summed E-state index contributed by atoms with van der Waals surface area (Å²) < 4.78 is 11.2. The molecule has 0 bridgehead atoms. The fraction of sp³-hybridized carbons (Fsp3) is 1.00. The van der Waals surface area contributed by atoms with E-state index in [0.717, 1.165) is 44.7 Å². The Labute approximate surface area is 94.3 Å². The van der Waals surface area contributed by atoms with Crippen LogP contribution in [-0.4, -0.2) is 26.4 Å². The summed E-state index contributed by atoms with van der Waals surface area (Å²) in [7, 11) is 0. The largest absolute Gasteiger partial charge is 0.381 e. The molecule has 0 saturated heterocycles. The molecule has 0 radical (unpaired) electrons. The number of rotatable bonds is 7. The predicted molar refractivity (Wildman–Crippen MR) is 63.0 cm³/mol. The summed E-state index contributed by atoms with van der Waals surface area (Å²) in [5, 5.41) is 0. The summed E-state index contributed by atoms with van der Waals surface area (Å²) in [6.07, 6.45) is 2.42. The zero-order valence-corrected chi connectivity index (χ0v) is 10.7. The van der Waals surface area contributed by atoms with Gasteiger partial charge in [-0.05, 0) is 30.1 Å². The average molecular weight is 214 g/mol. The highest BCUT2D eigenvalue weighted by Gasteiger charge is 2.37. The fourth-order valence-electron chi connectivity index (χ4n) is 1.61. The van der Waals surface area contributed by atoms with E-state index in [2.05, 4.69) is 27.7 Å². The maximum atomic E-state index is 5.70.